The molecule has 0 spiro atoms. The number of anilines is 1. The van der Waals surface area contributed by atoms with E-state index in [1.165, 1.54) is 23.1 Å². The summed E-state index contributed by atoms with van der Waals surface area (Å²) < 4.78 is 13.8. The van der Waals surface area contributed by atoms with Crippen LogP contribution >= 0.6 is 15.9 Å². The van der Waals surface area contributed by atoms with E-state index in [9.17, 15) is 14.0 Å². The van der Waals surface area contributed by atoms with Crippen LogP contribution in [-0.4, -0.2) is 34.1 Å². The Morgan fingerprint density at radius 1 is 1.38 bits per heavy atom. The third-order valence-electron chi connectivity index (χ3n) is 2.77. The summed E-state index contributed by atoms with van der Waals surface area (Å²) in [4.78, 5) is 24.4. The zero-order chi connectivity index (χ0) is 16.2. The maximum absolute atomic E-state index is 13.2. The van der Waals surface area contributed by atoms with E-state index in [0.29, 0.717) is 10.2 Å². The molecule has 5 nitrogen and oxygen atoms in total. The molecule has 21 heavy (non-hydrogen) atoms. The number of nitrogens with one attached hydrogen (secondary N) is 1. The van der Waals surface area contributed by atoms with Crippen molar-refractivity contribution in [3.8, 4) is 0 Å². The zero-order valence-electron chi connectivity index (χ0n) is 12.1. The second-order valence-corrected chi connectivity index (χ2v) is 6.37. The molecule has 0 atom stereocenters. The fraction of sp³-hybridized carbons (Fsp3) is 0.429. The zero-order valence-corrected chi connectivity index (χ0v) is 13.7. The van der Waals surface area contributed by atoms with Crippen LogP contribution in [0.4, 0.5) is 14.9 Å². The molecular weight excluding hydrogens is 343 g/mol. The fourth-order valence-corrected chi connectivity index (χ4v) is 2.07. The second-order valence-electron chi connectivity index (χ2n) is 5.52. The summed E-state index contributed by atoms with van der Waals surface area (Å²) in [6.07, 6.45) is -0.158. The molecule has 7 heteroatoms. The van der Waals surface area contributed by atoms with Crippen LogP contribution in [0.15, 0.2) is 22.7 Å². The molecule has 0 aliphatic rings. The molecule has 0 heterocycles. The van der Waals surface area contributed by atoms with Crippen LogP contribution in [0.1, 0.15) is 27.2 Å². The highest BCUT2D eigenvalue weighted by molar-refractivity contribution is 9.10. The Kier molecular flexibility index (Phi) is 5.71. The molecule has 0 aliphatic heterocycles. The Morgan fingerprint density at radius 3 is 2.52 bits per heavy atom. The molecule has 0 fully saturated rings. The van der Waals surface area contributed by atoms with E-state index in [-0.39, 0.29) is 13.0 Å². The minimum absolute atomic E-state index is 0.0671. The number of rotatable bonds is 4. The fourth-order valence-electron chi connectivity index (χ4n) is 1.73. The summed E-state index contributed by atoms with van der Waals surface area (Å²) in [7, 11) is 0. The number of carboxylic acid groups (broad SMARTS) is 1. The van der Waals surface area contributed by atoms with Gasteiger partial charge in [0.1, 0.15) is 5.82 Å². The van der Waals surface area contributed by atoms with Gasteiger partial charge in [0.15, 0.2) is 0 Å². The molecule has 0 aromatic heterocycles. The molecule has 0 bridgehead atoms. The number of nitrogens with zero attached hydrogens (tertiary/aromatic N) is 1. The highest BCUT2D eigenvalue weighted by Gasteiger charge is 2.27. The van der Waals surface area contributed by atoms with Gasteiger partial charge in [-0.15, -0.1) is 0 Å². The van der Waals surface area contributed by atoms with Crippen LogP contribution in [0.5, 0.6) is 0 Å². The maximum Gasteiger partial charge on any atom is 0.322 e. The van der Waals surface area contributed by atoms with Gasteiger partial charge in [-0.2, -0.15) is 0 Å². The summed E-state index contributed by atoms with van der Waals surface area (Å²) in [5, 5.41) is 11.4. The molecule has 0 radical (unpaired) electrons. The van der Waals surface area contributed by atoms with Crippen molar-refractivity contribution in [3.05, 3.63) is 28.5 Å². The van der Waals surface area contributed by atoms with Gasteiger partial charge in [0, 0.05) is 16.6 Å². The van der Waals surface area contributed by atoms with Gasteiger partial charge in [-0.3, -0.25) is 4.79 Å². The maximum atomic E-state index is 13.2. The van der Waals surface area contributed by atoms with Gasteiger partial charge in [0.2, 0.25) is 0 Å². The lowest BCUT2D eigenvalue weighted by molar-refractivity contribution is -0.137. The first-order valence-corrected chi connectivity index (χ1v) is 7.16. The van der Waals surface area contributed by atoms with Crippen molar-refractivity contribution in [3.63, 3.8) is 0 Å². The Hall–Kier alpha value is -1.63. The molecule has 2 N–H and O–H groups in total. The van der Waals surface area contributed by atoms with Crippen molar-refractivity contribution in [2.24, 2.45) is 0 Å². The molecule has 116 valence electrons. The first kappa shape index (κ1) is 17.4. The number of carbonyl (C=O) groups is 2. The van der Waals surface area contributed by atoms with Crippen LogP contribution in [0, 0.1) is 5.82 Å². The highest BCUT2D eigenvalue weighted by atomic mass is 79.9. The van der Waals surface area contributed by atoms with Crippen molar-refractivity contribution in [2.45, 2.75) is 32.7 Å². The molecule has 1 aromatic rings. The third-order valence-corrected chi connectivity index (χ3v) is 3.47. The standard InChI is InChI=1S/C14H18BrFN2O3/c1-14(2,3)18(7-6-12(19)20)13(21)17-11-8-9(16)4-5-10(11)15/h4-5,8H,6-7H2,1-3H3,(H,17,21)(H,19,20). The van der Waals surface area contributed by atoms with Crippen LogP contribution in [0.25, 0.3) is 0 Å². The topological polar surface area (TPSA) is 69.6 Å². The lowest BCUT2D eigenvalue weighted by atomic mass is 10.1. The Bertz CT molecular complexity index is 544. The number of hydrogen-bond donors (Lipinski definition) is 2. The van der Waals surface area contributed by atoms with E-state index >= 15 is 0 Å². The van der Waals surface area contributed by atoms with Crippen LogP contribution in [-0.2, 0) is 4.79 Å². The number of carboxylic acids is 1. The molecule has 0 saturated heterocycles. The monoisotopic (exact) mass is 360 g/mol. The summed E-state index contributed by atoms with van der Waals surface area (Å²) in [5.74, 6) is -1.45. The predicted octanol–water partition coefficient (Wildman–Crippen LogP) is 3.70. The first-order valence-electron chi connectivity index (χ1n) is 6.36. The van der Waals surface area contributed by atoms with Gasteiger partial charge in [0.25, 0.3) is 0 Å². The summed E-state index contributed by atoms with van der Waals surface area (Å²) in [6.45, 7) is 5.47. The van der Waals surface area contributed by atoms with Crippen molar-refractivity contribution in [1.82, 2.24) is 4.90 Å². The minimum atomic E-state index is -0.982. The SMILES string of the molecule is CC(C)(C)N(CCC(=O)O)C(=O)Nc1cc(F)ccc1Br. The lowest BCUT2D eigenvalue weighted by Crippen LogP contribution is -2.48. The summed E-state index contributed by atoms with van der Waals surface area (Å²) in [6, 6.07) is 3.48. The highest BCUT2D eigenvalue weighted by Crippen LogP contribution is 2.24. The first-order chi connectivity index (χ1) is 9.61. The molecule has 0 aliphatic carbocycles. The van der Waals surface area contributed by atoms with Gasteiger partial charge in [-0.25, -0.2) is 9.18 Å². The Balaban J connectivity index is 2.90. The quantitative estimate of drug-likeness (QED) is 0.859. The molecule has 2 amide bonds. The number of amides is 2. The summed E-state index contributed by atoms with van der Waals surface area (Å²) in [5.41, 5.74) is -0.260. The predicted molar refractivity (Wildman–Crippen MR) is 81.8 cm³/mol. The number of benzene rings is 1. The molecular formula is C14H18BrFN2O3. The van der Waals surface area contributed by atoms with Gasteiger partial charge in [-0.05, 0) is 54.9 Å². The molecule has 1 rings (SSSR count). The minimum Gasteiger partial charge on any atom is -0.481 e. The van der Waals surface area contributed by atoms with Crippen molar-refractivity contribution >= 4 is 33.6 Å². The van der Waals surface area contributed by atoms with Crippen LogP contribution in [0.2, 0.25) is 0 Å². The number of aliphatic carboxylic acids is 1. The van der Waals surface area contributed by atoms with Gasteiger partial charge in [0.05, 0.1) is 12.1 Å². The van der Waals surface area contributed by atoms with E-state index in [0.717, 1.165) is 0 Å². The Morgan fingerprint density at radius 2 is 2.00 bits per heavy atom. The van der Waals surface area contributed by atoms with Crippen molar-refractivity contribution in [2.75, 3.05) is 11.9 Å². The van der Waals surface area contributed by atoms with E-state index in [1.54, 1.807) is 20.8 Å². The third kappa shape index (κ3) is 5.34. The molecule has 0 saturated carbocycles. The van der Waals surface area contributed by atoms with Crippen molar-refractivity contribution < 1.29 is 19.1 Å². The average Bonchev–Trinajstić information content (AvgIpc) is 2.32. The van der Waals surface area contributed by atoms with Crippen LogP contribution in [0.3, 0.4) is 0 Å². The smallest absolute Gasteiger partial charge is 0.322 e. The summed E-state index contributed by atoms with van der Waals surface area (Å²) >= 11 is 3.23. The van der Waals surface area contributed by atoms with Crippen LogP contribution < -0.4 is 5.32 Å². The number of hydrogen-bond acceptors (Lipinski definition) is 2. The van der Waals surface area contributed by atoms with E-state index in [1.807, 2.05) is 0 Å². The van der Waals surface area contributed by atoms with Crippen molar-refractivity contribution in [1.29, 1.82) is 0 Å². The lowest BCUT2D eigenvalue weighted by Gasteiger charge is -2.35. The Labute approximate surface area is 131 Å². The number of halogens is 2. The van der Waals surface area contributed by atoms with E-state index in [2.05, 4.69) is 21.2 Å². The van der Waals surface area contributed by atoms with Gasteiger partial charge < -0.3 is 15.3 Å². The average molecular weight is 361 g/mol. The van der Waals surface area contributed by atoms with Gasteiger partial charge >= 0.3 is 12.0 Å². The number of carbonyl (C=O) groups excluding carboxylic acids is 1. The number of urea groups is 1. The molecule has 0 unspecified atom stereocenters. The molecule has 1 aromatic carbocycles. The van der Waals surface area contributed by atoms with E-state index in [4.69, 9.17) is 5.11 Å². The second kappa shape index (κ2) is 6.89. The largest absolute Gasteiger partial charge is 0.481 e. The van der Waals surface area contributed by atoms with Gasteiger partial charge in [-0.1, -0.05) is 0 Å². The van der Waals surface area contributed by atoms with E-state index < -0.39 is 23.4 Å². The normalized spacial score (nSPS) is 11.1.